The zero-order chi connectivity index (χ0) is 36.7. The fourth-order valence-electron chi connectivity index (χ4n) is 7.61. The predicted octanol–water partition coefficient (Wildman–Crippen LogP) is 13.0. The number of hydrogen-bond donors (Lipinski definition) is 0. The number of benzene rings is 8. The summed E-state index contributed by atoms with van der Waals surface area (Å²) in [6, 6.07) is 64.2. The highest BCUT2D eigenvalue weighted by Gasteiger charge is 2.16. The summed E-state index contributed by atoms with van der Waals surface area (Å²) < 4.78 is 0. The van der Waals surface area contributed by atoms with Gasteiger partial charge in [0.15, 0.2) is 17.5 Å². The average Bonchev–Trinajstić information content (AvgIpc) is 3.27. The molecular formula is C51H34N4. The first-order valence-corrected chi connectivity index (χ1v) is 18.5. The summed E-state index contributed by atoms with van der Waals surface area (Å²) >= 11 is 0. The topological polar surface area (TPSA) is 51.6 Å². The van der Waals surface area contributed by atoms with Gasteiger partial charge in [-0.3, -0.25) is 4.98 Å². The number of nitrogens with zero attached hydrogens (tertiary/aromatic N) is 4. The van der Waals surface area contributed by atoms with Crippen molar-refractivity contribution in [3.8, 4) is 67.5 Å². The molecule has 4 nitrogen and oxygen atoms in total. The smallest absolute Gasteiger partial charge is 0.164 e. The predicted molar refractivity (Wildman–Crippen MR) is 227 cm³/mol. The summed E-state index contributed by atoms with van der Waals surface area (Å²) in [7, 11) is 0. The second-order valence-corrected chi connectivity index (χ2v) is 14.0. The largest absolute Gasteiger partial charge is 0.261 e. The van der Waals surface area contributed by atoms with Crippen LogP contribution < -0.4 is 0 Å². The van der Waals surface area contributed by atoms with Gasteiger partial charge >= 0.3 is 0 Å². The number of fused-ring (bicyclic) bond motifs is 6. The maximum atomic E-state index is 5.13. The monoisotopic (exact) mass is 702 g/mol. The number of aromatic nitrogens is 4. The standard InChI is InChI=1S/C51H34N4/c1-33-20-21-39(32-52-33)34-22-24-35(25-23-34)40-28-41(38-26-27-47-45-18-9-8-16-43(45)44-17-10-11-19-46(44)48(47)31-38)30-42(29-40)51-54-49(36-12-4-2-5-13-36)53-50(55-51)37-14-6-3-7-15-37/h2-32H,1H3. The van der Waals surface area contributed by atoms with Gasteiger partial charge in [-0.1, -0.05) is 152 Å². The van der Waals surface area contributed by atoms with E-state index in [-0.39, 0.29) is 0 Å². The SMILES string of the molecule is Cc1ccc(-c2ccc(-c3cc(-c4ccc5c6ccccc6c6ccccc6c5c4)cc(-c4nc(-c5ccccc5)nc(-c5ccccc5)n4)c3)cc2)cn1. The van der Waals surface area contributed by atoms with E-state index >= 15 is 0 Å². The molecule has 258 valence electrons. The Labute approximate surface area is 319 Å². The fourth-order valence-corrected chi connectivity index (χ4v) is 7.61. The van der Waals surface area contributed by atoms with E-state index in [0.717, 1.165) is 55.8 Å². The molecule has 0 bridgehead atoms. The molecule has 0 saturated carbocycles. The Hall–Kier alpha value is -7.30. The lowest BCUT2D eigenvalue weighted by Crippen LogP contribution is -2.00. The van der Waals surface area contributed by atoms with Crippen LogP contribution in [0, 0.1) is 6.92 Å². The van der Waals surface area contributed by atoms with E-state index in [0.29, 0.717) is 17.5 Å². The summed E-state index contributed by atoms with van der Waals surface area (Å²) in [6.07, 6.45) is 1.94. The third kappa shape index (κ3) is 6.10. The zero-order valence-corrected chi connectivity index (χ0v) is 30.2. The van der Waals surface area contributed by atoms with Crippen LogP contribution in [0.25, 0.3) is 99.9 Å². The maximum absolute atomic E-state index is 5.13. The normalized spacial score (nSPS) is 11.4. The van der Waals surface area contributed by atoms with Crippen LogP contribution in [0.15, 0.2) is 188 Å². The van der Waals surface area contributed by atoms with E-state index in [2.05, 4.69) is 126 Å². The van der Waals surface area contributed by atoms with Crippen LogP contribution in [0.4, 0.5) is 0 Å². The average molecular weight is 703 g/mol. The first-order valence-electron chi connectivity index (χ1n) is 18.5. The Kier molecular flexibility index (Phi) is 8.00. The van der Waals surface area contributed by atoms with Gasteiger partial charge in [0.05, 0.1) is 0 Å². The van der Waals surface area contributed by atoms with E-state index < -0.39 is 0 Å². The van der Waals surface area contributed by atoms with Crippen LogP contribution >= 0.6 is 0 Å². The van der Waals surface area contributed by atoms with Gasteiger partial charge in [-0.15, -0.1) is 0 Å². The molecule has 0 radical (unpaired) electrons. The van der Waals surface area contributed by atoms with Gasteiger partial charge in [-0.25, -0.2) is 15.0 Å². The molecule has 2 heterocycles. The maximum Gasteiger partial charge on any atom is 0.164 e. The highest BCUT2D eigenvalue weighted by molar-refractivity contribution is 6.25. The minimum atomic E-state index is 0.621. The molecule has 0 saturated heterocycles. The van der Waals surface area contributed by atoms with Crippen LogP contribution in [0.2, 0.25) is 0 Å². The van der Waals surface area contributed by atoms with Crippen LogP contribution in [0.1, 0.15) is 5.69 Å². The first-order chi connectivity index (χ1) is 27.1. The van der Waals surface area contributed by atoms with Crippen molar-refractivity contribution in [3.05, 3.63) is 194 Å². The van der Waals surface area contributed by atoms with E-state index in [1.807, 2.05) is 73.8 Å². The third-order valence-electron chi connectivity index (χ3n) is 10.4. The van der Waals surface area contributed by atoms with Gasteiger partial charge in [0, 0.05) is 34.1 Å². The highest BCUT2D eigenvalue weighted by atomic mass is 15.0. The second-order valence-electron chi connectivity index (χ2n) is 14.0. The Balaban J connectivity index is 1.19. The molecule has 0 N–H and O–H groups in total. The molecule has 0 aliphatic rings. The van der Waals surface area contributed by atoms with Gasteiger partial charge < -0.3 is 0 Å². The summed E-state index contributed by atoms with van der Waals surface area (Å²) in [4.78, 5) is 19.7. The lowest BCUT2D eigenvalue weighted by Gasteiger charge is -2.14. The molecule has 0 unspecified atom stereocenters. The number of pyridine rings is 1. The van der Waals surface area contributed by atoms with Crippen molar-refractivity contribution < 1.29 is 0 Å². The molecule has 0 spiro atoms. The molecule has 55 heavy (non-hydrogen) atoms. The fraction of sp³-hybridized carbons (Fsp3) is 0.0196. The lowest BCUT2D eigenvalue weighted by molar-refractivity contribution is 1.07. The van der Waals surface area contributed by atoms with Crippen LogP contribution in [-0.4, -0.2) is 19.9 Å². The van der Waals surface area contributed by atoms with Crippen LogP contribution in [-0.2, 0) is 0 Å². The van der Waals surface area contributed by atoms with E-state index in [9.17, 15) is 0 Å². The van der Waals surface area contributed by atoms with Gasteiger partial charge in [0.1, 0.15) is 0 Å². The Morgan fingerprint density at radius 1 is 0.273 bits per heavy atom. The van der Waals surface area contributed by atoms with Crippen molar-refractivity contribution in [2.75, 3.05) is 0 Å². The molecule has 0 aliphatic heterocycles. The molecule has 8 aromatic carbocycles. The molecule has 10 aromatic rings. The summed E-state index contributed by atoms with van der Waals surface area (Å²) in [5, 5.41) is 7.50. The lowest BCUT2D eigenvalue weighted by atomic mass is 9.90. The number of hydrogen-bond acceptors (Lipinski definition) is 4. The quantitative estimate of drug-likeness (QED) is 0.162. The minimum absolute atomic E-state index is 0.621. The molecular weight excluding hydrogens is 669 g/mol. The zero-order valence-electron chi connectivity index (χ0n) is 30.2. The van der Waals surface area contributed by atoms with Crippen molar-refractivity contribution in [2.24, 2.45) is 0 Å². The summed E-state index contributed by atoms with van der Waals surface area (Å²) in [5.74, 6) is 1.89. The van der Waals surface area contributed by atoms with Gasteiger partial charge in [-0.2, -0.15) is 0 Å². The van der Waals surface area contributed by atoms with Crippen molar-refractivity contribution >= 4 is 32.3 Å². The third-order valence-corrected chi connectivity index (χ3v) is 10.4. The minimum Gasteiger partial charge on any atom is -0.261 e. The van der Waals surface area contributed by atoms with Crippen molar-refractivity contribution in [1.29, 1.82) is 0 Å². The van der Waals surface area contributed by atoms with Crippen molar-refractivity contribution in [1.82, 2.24) is 19.9 Å². The van der Waals surface area contributed by atoms with E-state index in [1.54, 1.807) is 0 Å². The molecule has 0 atom stereocenters. The molecule has 0 aliphatic carbocycles. The molecule has 10 rings (SSSR count). The van der Waals surface area contributed by atoms with E-state index in [4.69, 9.17) is 15.0 Å². The van der Waals surface area contributed by atoms with E-state index in [1.165, 1.54) is 32.3 Å². The Morgan fingerprint density at radius 3 is 1.20 bits per heavy atom. The van der Waals surface area contributed by atoms with Gasteiger partial charge in [-0.05, 0) is 97.4 Å². The van der Waals surface area contributed by atoms with Crippen molar-refractivity contribution in [3.63, 3.8) is 0 Å². The van der Waals surface area contributed by atoms with Crippen molar-refractivity contribution in [2.45, 2.75) is 6.92 Å². The van der Waals surface area contributed by atoms with Crippen LogP contribution in [0.5, 0.6) is 0 Å². The molecule has 2 aromatic heterocycles. The van der Waals surface area contributed by atoms with Gasteiger partial charge in [0.25, 0.3) is 0 Å². The Bertz CT molecular complexity index is 2920. The number of rotatable bonds is 6. The first kappa shape index (κ1) is 32.4. The Morgan fingerprint density at radius 2 is 0.673 bits per heavy atom. The second kappa shape index (κ2) is 13.6. The summed E-state index contributed by atoms with van der Waals surface area (Å²) in [6.45, 7) is 2.01. The molecule has 0 fully saturated rings. The molecule has 4 heteroatoms. The summed E-state index contributed by atoms with van der Waals surface area (Å²) in [5.41, 5.74) is 10.4. The molecule has 0 amide bonds. The van der Waals surface area contributed by atoms with Crippen LogP contribution in [0.3, 0.4) is 0 Å². The van der Waals surface area contributed by atoms with Gasteiger partial charge in [0.2, 0.25) is 0 Å². The number of aryl methyl sites for hydroxylation is 1. The highest BCUT2D eigenvalue weighted by Crippen LogP contribution is 2.39.